The summed E-state index contributed by atoms with van der Waals surface area (Å²) in [6.07, 6.45) is 2.81. The highest BCUT2D eigenvalue weighted by Gasteiger charge is 2.14. The smallest absolute Gasteiger partial charge is 0.268 e. The summed E-state index contributed by atoms with van der Waals surface area (Å²) in [7, 11) is 0. The van der Waals surface area contributed by atoms with E-state index in [1.165, 1.54) is 24.3 Å². The Morgan fingerprint density at radius 3 is 2.38 bits per heavy atom. The molecule has 0 aromatic heterocycles. The maximum absolute atomic E-state index is 13.8. The minimum Gasteiger partial charge on any atom is -0.347 e. The van der Waals surface area contributed by atoms with Crippen molar-refractivity contribution in [1.82, 2.24) is 10.6 Å². The lowest BCUT2D eigenvalue weighted by atomic mass is 10.1. The van der Waals surface area contributed by atoms with Crippen LogP contribution in [0.2, 0.25) is 0 Å². The van der Waals surface area contributed by atoms with Crippen molar-refractivity contribution in [3.63, 3.8) is 0 Å². The predicted molar refractivity (Wildman–Crippen MR) is 91.5 cm³/mol. The highest BCUT2D eigenvalue weighted by Crippen LogP contribution is 2.11. The zero-order valence-electron chi connectivity index (χ0n) is 13.0. The lowest BCUT2D eigenvalue weighted by molar-refractivity contribution is -0.117. The molecule has 2 N–H and O–H groups in total. The van der Waals surface area contributed by atoms with Crippen molar-refractivity contribution >= 4 is 17.9 Å². The molecule has 2 amide bonds. The van der Waals surface area contributed by atoms with Crippen molar-refractivity contribution in [2.45, 2.75) is 0 Å². The van der Waals surface area contributed by atoms with E-state index in [0.29, 0.717) is 5.56 Å². The molecule has 0 heterocycles. The number of rotatable bonds is 6. The second kappa shape index (κ2) is 8.43. The molecule has 0 bridgehead atoms. The Hall–Kier alpha value is -3.21. The number of nitrogens with one attached hydrogen (secondary N) is 2. The molecule has 2 aromatic carbocycles. The zero-order valence-corrected chi connectivity index (χ0v) is 13.0. The molecule has 0 radical (unpaired) electrons. The Labute approximate surface area is 139 Å². The Morgan fingerprint density at radius 1 is 1.04 bits per heavy atom. The average Bonchev–Trinajstić information content (AvgIpc) is 2.61. The number of carbonyl (C=O) groups is 2. The number of amides is 2. The first kappa shape index (κ1) is 17.1. The van der Waals surface area contributed by atoms with Gasteiger partial charge in [0, 0.05) is 17.7 Å². The molecular weight excluding hydrogens is 307 g/mol. The summed E-state index contributed by atoms with van der Waals surface area (Å²) in [4.78, 5) is 24.5. The second-order valence-electron chi connectivity index (χ2n) is 4.90. The van der Waals surface area contributed by atoms with E-state index in [4.69, 9.17) is 0 Å². The van der Waals surface area contributed by atoms with E-state index in [2.05, 4.69) is 17.2 Å². The van der Waals surface area contributed by atoms with Gasteiger partial charge in [-0.25, -0.2) is 4.39 Å². The lowest BCUT2D eigenvalue weighted by Crippen LogP contribution is -2.35. The van der Waals surface area contributed by atoms with E-state index in [9.17, 15) is 14.0 Å². The Morgan fingerprint density at radius 2 is 1.71 bits per heavy atom. The molecule has 0 aliphatic carbocycles. The normalized spacial score (nSPS) is 10.8. The summed E-state index contributed by atoms with van der Waals surface area (Å²) in [5.41, 5.74) is 0.555. The topological polar surface area (TPSA) is 58.2 Å². The van der Waals surface area contributed by atoms with Crippen molar-refractivity contribution < 1.29 is 14.0 Å². The van der Waals surface area contributed by atoms with E-state index in [0.717, 1.165) is 0 Å². The van der Waals surface area contributed by atoms with Crippen LogP contribution in [0.1, 0.15) is 15.9 Å². The summed E-state index contributed by atoms with van der Waals surface area (Å²) in [6.45, 7) is 3.75. The van der Waals surface area contributed by atoms with E-state index in [1.807, 2.05) is 0 Å². The van der Waals surface area contributed by atoms with Crippen LogP contribution < -0.4 is 10.6 Å². The van der Waals surface area contributed by atoms with Gasteiger partial charge in [0.25, 0.3) is 11.8 Å². The lowest BCUT2D eigenvalue weighted by Gasteiger charge is -2.10. The molecule has 4 nitrogen and oxygen atoms in total. The Kier molecular flexibility index (Phi) is 6.02. The van der Waals surface area contributed by atoms with Gasteiger partial charge in [-0.1, -0.05) is 42.5 Å². The molecule has 24 heavy (non-hydrogen) atoms. The minimum absolute atomic E-state index is 0.0456. The number of halogens is 1. The first-order valence-corrected chi connectivity index (χ1v) is 7.33. The number of carbonyl (C=O) groups excluding carboxylic acids is 2. The van der Waals surface area contributed by atoms with Gasteiger partial charge < -0.3 is 10.6 Å². The van der Waals surface area contributed by atoms with Crippen LogP contribution in [0.15, 0.2) is 72.9 Å². The third-order valence-corrected chi connectivity index (χ3v) is 3.14. The van der Waals surface area contributed by atoms with Crippen molar-refractivity contribution in [1.29, 1.82) is 0 Å². The van der Waals surface area contributed by atoms with Gasteiger partial charge in [-0.15, -0.1) is 6.58 Å². The van der Waals surface area contributed by atoms with Crippen molar-refractivity contribution in [3.8, 4) is 0 Å². The predicted octanol–water partition coefficient (Wildman–Crippen LogP) is 2.90. The van der Waals surface area contributed by atoms with Crippen LogP contribution in [-0.4, -0.2) is 18.4 Å². The van der Waals surface area contributed by atoms with Gasteiger partial charge in [-0.05, 0) is 24.3 Å². The van der Waals surface area contributed by atoms with Crippen molar-refractivity contribution in [3.05, 3.63) is 89.9 Å². The first-order valence-electron chi connectivity index (χ1n) is 7.33. The van der Waals surface area contributed by atoms with Crippen molar-refractivity contribution in [2.24, 2.45) is 0 Å². The van der Waals surface area contributed by atoms with Crippen LogP contribution in [0.5, 0.6) is 0 Å². The second-order valence-corrected chi connectivity index (χ2v) is 4.90. The van der Waals surface area contributed by atoms with Gasteiger partial charge in [0.05, 0.1) is 0 Å². The summed E-state index contributed by atoms with van der Waals surface area (Å²) < 4.78 is 13.8. The van der Waals surface area contributed by atoms with Crippen LogP contribution in [0.25, 0.3) is 6.08 Å². The fourth-order valence-corrected chi connectivity index (χ4v) is 1.95. The molecule has 0 saturated heterocycles. The molecule has 0 aliphatic rings. The van der Waals surface area contributed by atoms with E-state index < -0.39 is 17.6 Å². The number of hydrogen-bond donors (Lipinski definition) is 2. The summed E-state index contributed by atoms with van der Waals surface area (Å²) >= 11 is 0. The maximum atomic E-state index is 13.8. The van der Waals surface area contributed by atoms with Crippen LogP contribution >= 0.6 is 0 Å². The minimum atomic E-state index is -0.526. The summed E-state index contributed by atoms with van der Waals surface area (Å²) in [6, 6.07) is 14.5. The Balaban J connectivity index is 2.29. The zero-order chi connectivity index (χ0) is 17.4. The van der Waals surface area contributed by atoms with Gasteiger partial charge in [0.1, 0.15) is 11.5 Å². The molecule has 2 aromatic rings. The van der Waals surface area contributed by atoms with E-state index >= 15 is 0 Å². The van der Waals surface area contributed by atoms with Gasteiger partial charge in [-0.2, -0.15) is 0 Å². The largest absolute Gasteiger partial charge is 0.347 e. The standard InChI is InChI=1S/C19H17FN2O2/c1-2-12-21-19(24)17(13-15-10-6-7-11-16(15)20)22-18(23)14-8-4-3-5-9-14/h2-11,13H,1,12H2,(H,21,24)(H,22,23)/b17-13+. The third-order valence-electron chi connectivity index (χ3n) is 3.14. The molecule has 0 spiro atoms. The molecule has 0 saturated carbocycles. The number of benzene rings is 2. The molecular formula is C19H17FN2O2. The fraction of sp³-hybridized carbons (Fsp3) is 0.0526. The molecule has 0 unspecified atom stereocenters. The highest BCUT2D eigenvalue weighted by molar-refractivity contribution is 6.05. The van der Waals surface area contributed by atoms with Gasteiger partial charge in [0.2, 0.25) is 0 Å². The highest BCUT2D eigenvalue weighted by atomic mass is 19.1. The van der Waals surface area contributed by atoms with Crippen LogP contribution in [0.4, 0.5) is 4.39 Å². The van der Waals surface area contributed by atoms with Gasteiger partial charge in [0.15, 0.2) is 0 Å². The third kappa shape index (κ3) is 4.64. The van der Waals surface area contributed by atoms with Crippen molar-refractivity contribution in [2.75, 3.05) is 6.54 Å². The SMILES string of the molecule is C=CCNC(=O)/C(=C\c1ccccc1F)NC(=O)c1ccccc1. The van der Waals surface area contributed by atoms with E-state index in [1.54, 1.807) is 42.5 Å². The molecule has 2 rings (SSSR count). The van der Waals surface area contributed by atoms with Crippen LogP contribution in [0.3, 0.4) is 0 Å². The van der Waals surface area contributed by atoms with Crippen LogP contribution in [-0.2, 0) is 4.79 Å². The Bertz CT molecular complexity index is 770. The first-order chi connectivity index (χ1) is 11.6. The molecule has 0 aliphatic heterocycles. The summed E-state index contributed by atoms with van der Waals surface area (Å²) in [5, 5.41) is 5.09. The molecule has 5 heteroatoms. The molecule has 0 fully saturated rings. The molecule has 122 valence electrons. The quantitative estimate of drug-likeness (QED) is 0.634. The number of hydrogen-bond acceptors (Lipinski definition) is 2. The summed E-state index contributed by atoms with van der Waals surface area (Å²) in [5.74, 6) is -1.46. The average molecular weight is 324 g/mol. The maximum Gasteiger partial charge on any atom is 0.268 e. The van der Waals surface area contributed by atoms with E-state index in [-0.39, 0.29) is 17.8 Å². The molecule has 0 atom stereocenters. The van der Waals surface area contributed by atoms with Gasteiger partial charge in [-0.3, -0.25) is 9.59 Å². The van der Waals surface area contributed by atoms with Crippen LogP contribution in [0, 0.1) is 5.82 Å². The monoisotopic (exact) mass is 324 g/mol. The fourth-order valence-electron chi connectivity index (χ4n) is 1.95. The van der Waals surface area contributed by atoms with Gasteiger partial charge >= 0.3 is 0 Å².